The average Bonchev–Trinajstić information content (AvgIpc) is 2.85. The molecule has 9 nitrogen and oxygen atoms in total. The van der Waals surface area contributed by atoms with Crippen LogP contribution < -0.4 is 19.0 Å². The van der Waals surface area contributed by atoms with Gasteiger partial charge in [-0.3, -0.25) is 4.98 Å². The molecule has 0 unspecified atom stereocenters. The lowest BCUT2D eigenvalue weighted by Crippen LogP contribution is -2.28. The number of nitrogens with zero attached hydrogens (tertiary/aromatic N) is 1. The molecular weight excluding hydrogens is 517 g/mol. The van der Waals surface area contributed by atoms with Gasteiger partial charge in [0.25, 0.3) is 0 Å². The van der Waals surface area contributed by atoms with Crippen molar-refractivity contribution in [3.63, 3.8) is 0 Å². The lowest BCUT2D eigenvalue weighted by molar-refractivity contribution is -0.0500. The van der Waals surface area contributed by atoms with Gasteiger partial charge in [-0.05, 0) is 36.2 Å². The second-order valence-electron chi connectivity index (χ2n) is 7.71. The van der Waals surface area contributed by atoms with Gasteiger partial charge in [0.2, 0.25) is 5.75 Å². The van der Waals surface area contributed by atoms with Crippen molar-refractivity contribution in [2.24, 2.45) is 0 Å². The number of unbranched alkanes of at least 4 members (excludes halogenated alkanes) is 1. The monoisotopic (exact) mass is 542 g/mol. The molecule has 0 aliphatic rings. The normalized spacial score (nSPS) is 11.7. The van der Waals surface area contributed by atoms with Crippen LogP contribution in [-0.2, 0) is 21.4 Å². The van der Waals surface area contributed by atoms with Gasteiger partial charge in [-0.2, -0.15) is 21.6 Å². The maximum atomic E-state index is 13.0. The zero-order valence-electron chi connectivity index (χ0n) is 20.2. The second kappa shape index (κ2) is 11.5. The summed E-state index contributed by atoms with van der Waals surface area (Å²) in [5.41, 5.74) is -4.15. The Hall–Kier alpha value is -3.74. The van der Waals surface area contributed by atoms with Gasteiger partial charge in [0.15, 0.2) is 11.5 Å². The fourth-order valence-corrected chi connectivity index (χ4v) is 3.82. The number of ether oxygens (including phenoxy) is 3. The highest BCUT2D eigenvalue weighted by Crippen LogP contribution is 2.44. The molecule has 3 rings (SSSR count). The number of methoxy groups -OCH3 is 2. The molecule has 2 aromatic carbocycles. The van der Waals surface area contributed by atoms with Gasteiger partial charge >= 0.3 is 21.7 Å². The number of hydrogen-bond donors (Lipinski definition) is 1. The summed E-state index contributed by atoms with van der Waals surface area (Å²) in [7, 11) is -3.65. The zero-order chi connectivity index (χ0) is 27.2. The van der Waals surface area contributed by atoms with Gasteiger partial charge in [-0.1, -0.05) is 31.5 Å². The number of carbonyl (C=O) groups excluding carboxylic acids is 1. The van der Waals surface area contributed by atoms with Crippen molar-refractivity contribution < 1.29 is 44.8 Å². The highest BCUT2D eigenvalue weighted by molar-refractivity contribution is 7.88. The summed E-state index contributed by atoms with van der Waals surface area (Å²) in [6, 6.07) is 11.3. The van der Waals surface area contributed by atoms with Gasteiger partial charge in [0.1, 0.15) is 0 Å². The molecule has 0 radical (unpaired) electrons. The summed E-state index contributed by atoms with van der Waals surface area (Å²) in [6.07, 6.45) is 0.876. The summed E-state index contributed by atoms with van der Waals surface area (Å²) in [5.74, 6) is -1.18. The highest BCUT2D eigenvalue weighted by Gasteiger charge is 2.49. The van der Waals surface area contributed by atoms with E-state index in [1.54, 1.807) is 30.3 Å². The Morgan fingerprint density at radius 3 is 2.41 bits per heavy atom. The lowest BCUT2D eigenvalue weighted by atomic mass is 10.00. The molecule has 3 aromatic rings. The molecule has 1 heterocycles. The molecule has 0 fully saturated rings. The topological polar surface area (TPSA) is 113 Å². The maximum absolute atomic E-state index is 13.0. The number of aromatic nitrogens is 1. The zero-order valence-corrected chi connectivity index (χ0v) is 21.0. The van der Waals surface area contributed by atoms with E-state index in [1.807, 2.05) is 6.92 Å². The Balaban J connectivity index is 2.12. The SMILES string of the molecule is CCCCOC(=O)NCc1nc2ccccc2cc1-c1cc(OC)c(OC)c(OS(=O)(=O)C(F)(F)F)c1. The summed E-state index contributed by atoms with van der Waals surface area (Å²) in [4.78, 5) is 16.7. The van der Waals surface area contributed by atoms with Crippen LogP contribution in [0.15, 0.2) is 42.5 Å². The van der Waals surface area contributed by atoms with Crippen LogP contribution in [-0.4, -0.2) is 45.8 Å². The fraction of sp³-hybridized carbons (Fsp3) is 0.333. The quantitative estimate of drug-likeness (QED) is 0.212. The van der Waals surface area contributed by atoms with Crippen molar-refractivity contribution in [2.45, 2.75) is 31.8 Å². The van der Waals surface area contributed by atoms with Gasteiger partial charge in [0.05, 0.1) is 38.6 Å². The number of halogens is 3. The highest BCUT2D eigenvalue weighted by atomic mass is 32.2. The lowest BCUT2D eigenvalue weighted by Gasteiger charge is -2.18. The van der Waals surface area contributed by atoms with Crippen molar-refractivity contribution >= 4 is 27.1 Å². The molecule has 0 bridgehead atoms. The Morgan fingerprint density at radius 1 is 1.05 bits per heavy atom. The summed E-state index contributed by atoms with van der Waals surface area (Å²) >= 11 is 0. The van der Waals surface area contributed by atoms with Gasteiger partial charge in [-0.25, -0.2) is 4.79 Å². The summed E-state index contributed by atoms with van der Waals surface area (Å²) < 4.78 is 82.4. The molecule has 0 atom stereocenters. The van der Waals surface area contributed by atoms with Crippen molar-refractivity contribution in [1.29, 1.82) is 0 Å². The first-order valence-corrected chi connectivity index (χ1v) is 12.5. The van der Waals surface area contributed by atoms with Crippen LogP contribution in [0.4, 0.5) is 18.0 Å². The number of benzene rings is 2. The first kappa shape index (κ1) is 27.8. The Morgan fingerprint density at radius 2 is 1.76 bits per heavy atom. The molecule has 1 N–H and O–H groups in total. The van der Waals surface area contributed by atoms with E-state index in [1.165, 1.54) is 13.2 Å². The largest absolute Gasteiger partial charge is 0.534 e. The molecule has 1 aromatic heterocycles. The molecule has 0 spiro atoms. The number of hydrogen-bond acceptors (Lipinski definition) is 8. The molecule has 200 valence electrons. The van der Waals surface area contributed by atoms with Crippen molar-refractivity contribution in [3.8, 4) is 28.4 Å². The molecule has 37 heavy (non-hydrogen) atoms. The number of para-hydroxylation sites is 1. The van der Waals surface area contributed by atoms with Crippen LogP contribution in [0.25, 0.3) is 22.0 Å². The van der Waals surface area contributed by atoms with Crippen molar-refractivity contribution in [2.75, 3.05) is 20.8 Å². The maximum Gasteiger partial charge on any atom is 0.534 e. The van der Waals surface area contributed by atoms with E-state index in [9.17, 15) is 26.4 Å². The number of alkyl carbamates (subject to hydrolysis) is 1. The van der Waals surface area contributed by atoms with Crippen LogP contribution >= 0.6 is 0 Å². The standard InChI is InChI=1S/C24H25F3N2O7S/c1-4-5-10-35-23(30)28-14-19-17(11-15-8-6-7-9-18(15)29-19)16-12-20(33-2)22(34-3)21(13-16)36-37(31,32)24(25,26)27/h6-9,11-13H,4-5,10,14H2,1-3H3,(H,28,30). The summed E-state index contributed by atoms with van der Waals surface area (Å²) in [5, 5.41) is 3.29. The first-order chi connectivity index (χ1) is 17.5. The van der Waals surface area contributed by atoms with E-state index < -0.39 is 27.5 Å². The average molecular weight is 543 g/mol. The third kappa shape index (κ3) is 6.53. The van der Waals surface area contributed by atoms with Crippen LogP contribution in [0.1, 0.15) is 25.5 Å². The number of pyridine rings is 1. The summed E-state index contributed by atoms with van der Waals surface area (Å²) in [6.45, 7) is 2.11. The molecule has 0 aliphatic carbocycles. The van der Waals surface area contributed by atoms with Crippen molar-refractivity contribution in [3.05, 3.63) is 48.2 Å². The predicted molar refractivity (Wildman–Crippen MR) is 129 cm³/mol. The number of carbonyl (C=O) groups is 1. The molecular formula is C24H25F3N2O7S. The smallest absolute Gasteiger partial charge is 0.493 e. The van der Waals surface area contributed by atoms with E-state index in [-0.39, 0.29) is 30.2 Å². The van der Waals surface area contributed by atoms with Crippen LogP contribution in [0.3, 0.4) is 0 Å². The third-order valence-corrected chi connectivity index (χ3v) is 6.14. The number of fused-ring (bicyclic) bond motifs is 1. The molecule has 13 heteroatoms. The van der Waals surface area contributed by atoms with E-state index in [4.69, 9.17) is 14.2 Å². The Kier molecular flexibility index (Phi) is 8.69. The Bertz CT molecular complexity index is 1380. The van der Waals surface area contributed by atoms with Crippen LogP contribution in [0, 0.1) is 0 Å². The third-order valence-electron chi connectivity index (χ3n) is 5.17. The van der Waals surface area contributed by atoms with Crippen molar-refractivity contribution in [1.82, 2.24) is 10.3 Å². The van der Waals surface area contributed by atoms with E-state index in [0.29, 0.717) is 28.6 Å². The van der Waals surface area contributed by atoms with E-state index in [2.05, 4.69) is 14.5 Å². The minimum absolute atomic E-state index is 0.0848. The molecule has 0 aliphatic heterocycles. The van der Waals surface area contributed by atoms with Crippen LogP contribution in [0.2, 0.25) is 0 Å². The molecule has 0 saturated heterocycles. The number of amides is 1. The van der Waals surface area contributed by atoms with E-state index >= 15 is 0 Å². The number of alkyl halides is 3. The second-order valence-corrected chi connectivity index (χ2v) is 9.25. The predicted octanol–water partition coefficient (Wildman–Crippen LogP) is 5.17. The number of nitrogens with one attached hydrogen (secondary N) is 1. The van der Waals surface area contributed by atoms with Gasteiger partial charge in [0, 0.05) is 10.9 Å². The molecule has 1 amide bonds. The molecule has 0 saturated carbocycles. The van der Waals surface area contributed by atoms with Gasteiger partial charge < -0.3 is 23.7 Å². The van der Waals surface area contributed by atoms with E-state index in [0.717, 1.165) is 19.6 Å². The minimum atomic E-state index is -6.01. The fourth-order valence-electron chi connectivity index (χ4n) is 3.37. The first-order valence-electron chi connectivity index (χ1n) is 11.1. The Labute approximate surface area is 211 Å². The van der Waals surface area contributed by atoms with Crippen LogP contribution in [0.5, 0.6) is 17.2 Å². The van der Waals surface area contributed by atoms with Gasteiger partial charge in [-0.15, -0.1) is 0 Å². The number of rotatable bonds is 10. The minimum Gasteiger partial charge on any atom is -0.493 e.